The van der Waals surface area contributed by atoms with E-state index in [2.05, 4.69) is 14.9 Å². The van der Waals surface area contributed by atoms with Crippen LogP contribution in [0, 0.1) is 6.92 Å². The number of nitrogens with one attached hydrogen (secondary N) is 1. The van der Waals surface area contributed by atoms with E-state index >= 15 is 0 Å². The minimum absolute atomic E-state index is 0.199. The molecule has 6 nitrogen and oxygen atoms in total. The molecule has 1 N–H and O–H groups in total. The first kappa shape index (κ1) is 17.4. The van der Waals surface area contributed by atoms with E-state index in [1.165, 1.54) is 11.3 Å². The van der Waals surface area contributed by atoms with Crippen molar-refractivity contribution >= 4 is 26.5 Å². The van der Waals surface area contributed by atoms with Crippen LogP contribution in [0.3, 0.4) is 0 Å². The van der Waals surface area contributed by atoms with Crippen molar-refractivity contribution in [3.05, 3.63) is 64.7 Å². The first-order chi connectivity index (χ1) is 12.0. The summed E-state index contributed by atoms with van der Waals surface area (Å²) in [5.74, 6) is 0.785. The number of ether oxygens (including phenoxy) is 1. The molecule has 0 atom stereocenters. The van der Waals surface area contributed by atoms with Crippen molar-refractivity contribution in [2.45, 2.75) is 18.2 Å². The SMILES string of the molecule is COc1ccc(Cc2nnc(NS(=O)(=O)c3ccc(C)cc3)s2)cc1. The smallest absolute Gasteiger partial charge is 0.263 e. The Balaban J connectivity index is 1.71. The van der Waals surface area contributed by atoms with E-state index in [9.17, 15) is 8.42 Å². The number of aryl methyl sites for hydroxylation is 1. The van der Waals surface area contributed by atoms with E-state index in [-0.39, 0.29) is 10.0 Å². The van der Waals surface area contributed by atoms with Gasteiger partial charge >= 0.3 is 0 Å². The molecule has 0 unspecified atom stereocenters. The van der Waals surface area contributed by atoms with Gasteiger partial charge in [-0.3, -0.25) is 4.72 Å². The van der Waals surface area contributed by atoms with Gasteiger partial charge in [-0.05, 0) is 36.8 Å². The van der Waals surface area contributed by atoms with Gasteiger partial charge in [-0.25, -0.2) is 8.42 Å². The summed E-state index contributed by atoms with van der Waals surface area (Å²) in [4.78, 5) is 0.199. The molecule has 0 saturated carbocycles. The second kappa shape index (κ2) is 7.20. The highest BCUT2D eigenvalue weighted by atomic mass is 32.2. The molecule has 8 heteroatoms. The van der Waals surface area contributed by atoms with Gasteiger partial charge in [-0.2, -0.15) is 0 Å². The molecule has 0 fully saturated rings. The lowest BCUT2D eigenvalue weighted by molar-refractivity contribution is 0.414. The van der Waals surface area contributed by atoms with E-state index in [1.54, 1.807) is 31.4 Å². The molecule has 0 bridgehead atoms. The normalized spacial score (nSPS) is 11.3. The maximum Gasteiger partial charge on any atom is 0.263 e. The lowest BCUT2D eigenvalue weighted by atomic mass is 10.1. The van der Waals surface area contributed by atoms with Crippen LogP contribution in [0.25, 0.3) is 0 Å². The second-order valence-corrected chi connectivity index (χ2v) is 8.19. The van der Waals surface area contributed by atoms with Crippen LogP contribution in [-0.4, -0.2) is 25.7 Å². The van der Waals surface area contributed by atoms with Gasteiger partial charge < -0.3 is 4.74 Å². The Morgan fingerprint density at radius 3 is 2.36 bits per heavy atom. The zero-order chi connectivity index (χ0) is 17.9. The van der Waals surface area contributed by atoms with E-state index in [0.29, 0.717) is 6.42 Å². The Bertz CT molecular complexity index is 950. The first-order valence-corrected chi connectivity index (χ1v) is 9.81. The summed E-state index contributed by atoms with van der Waals surface area (Å²) in [5.41, 5.74) is 2.04. The molecule has 0 aliphatic rings. The fourth-order valence-electron chi connectivity index (χ4n) is 2.18. The van der Waals surface area contributed by atoms with Crippen molar-refractivity contribution in [1.29, 1.82) is 0 Å². The third kappa shape index (κ3) is 4.34. The van der Waals surface area contributed by atoms with Gasteiger partial charge in [0.2, 0.25) is 5.13 Å². The maximum atomic E-state index is 12.4. The molecule has 0 saturated heterocycles. The summed E-state index contributed by atoms with van der Waals surface area (Å²) in [6, 6.07) is 14.3. The van der Waals surface area contributed by atoms with Gasteiger partial charge in [0, 0.05) is 6.42 Å². The van der Waals surface area contributed by atoms with Crippen LogP contribution in [0.2, 0.25) is 0 Å². The topological polar surface area (TPSA) is 81.2 Å². The van der Waals surface area contributed by atoms with Crippen molar-refractivity contribution < 1.29 is 13.2 Å². The molecule has 3 aromatic rings. The highest BCUT2D eigenvalue weighted by molar-refractivity contribution is 7.93. The number of nitrogens with zero attached hydrogens (tertiary/aromatic N) is 2. The predicted molar refractivity (Wildman–Crippen MR) is 97.7 cm³/mol. The van der Waals surface area contributed by atoms with Crippen LogP contribution >= 0.6 is 11.3 Å². The van der Waals surface area contributed by atoms with Crippen LogP contribution in [0.1, 0.15) is 16.1 Å². The molecular weight excluding hydrogens is 358 g/mol. The highest BCUT2D eigenvalue weighted by Gasteiger charge is 2.16. The second-order valence-electron chi connectivity index (χ2n) is 5.44. The molecule has 1 aromatic heterocycles. The van der Waals surface area contributed by atoms with Crippen LogP contribution < -0.4 is 9.46 Å². The summed E-state index contributed by atoms with van der Waals surface area (Å²) in [6.07, 6.45) is 0.577. The zero-order valence-corrected chi connectivity index (χ0v) is 15.4. The van der Waals surface area contributed by atoms with Crippen molar-refractivity contribution in [2.75, 3.05) is 11.8 Å². The standard InChI is InChI=1S/C17H17N3O3S2/c1-12-3-9-15(10-4-12)25(21,22)20-17-19-18-16(24-17)11-13-5-7-14(23-2)8-6-13/h3-10H,11H2,1-2H3,(H,19,20). The van der Waals surface area contributed by atoms with Crippen molar-refractivity contribution in [3.8, 4) is 5.75 Å². The molecule has 25 heavy (non-hydrogen) atoms. The average Bonchev–Trinajstić information content (AvgIpc) is 3.02. The summed E-state index contributed by atoms with van der Waals surface area (Å²) in [7, 11) is -2.04. The fourth-order valence-corrected chi connectivity index (χ4v) is 4.18. The number of methoxy groups -OCH3 is 1. The van der Waals surface area contributed by atoms with Gasteiger partial charge in [0.1, 0.15) is 10.8 Å². The minimum Gasteiger partial charge on any atom is -0.497 e. The van der Waals surface area contributed by atoms with Crippen LogP contribution in [0.15, 0.2) is 53.4 Å². The molecule has 1 heterocycles. The van der Waals surface area contributed by atoms with Gasteiger partial charge in [-0.1, -0.05) is 41.2 Å². The van der Waals surface area contributed by atoms with E-state index in [4.69, 9.17) is 4.74 Å². The first-order valence-electron chi connectivity index (χ1n) is 7.51. The van der Waals surface area contributed by atoms with Crippen LogP contribution in [0.4, 0.5) is 5.13 Å². The number of anilines is 1. The Kier molecular flexibility index (Phi) is 5.00. The van der Waals surface area contributed by atoms with E-state index in [0.717, 1.165) is 21.9 Å². The Hall–Kier alpha value is -2.45. The van der Waals surface area contributed by atoms with Gasteiger partial charge in [-0.15, -0.1) is 10.2 Å². The van der Waals surface area contributed by atoms with Gasteiger partial charge in [0.25, 0.3) is 10.0 Å². The lowest BCUT2D eigenvalue weighted by Crippen LogP contribution is -2.12. The maximum absolute atomic E-state index is 12.4. The van der Waals surface area contributed by atoms with E-state index < -0.39 is 10.0 Å². The third-order valence-corrected chi connectivity index (χ3v) is 5.86. The average molecular weight is 375 g/mol. The predicted octanol–water partition coefficient (Wildman–Crippen LogP) is 3.25. The quantitative estimate of drug-likeness (QED) is 0.715. The fraction of sp³-hybridized carbons (Fsp3) is 0.176. The number of sulfonamides is 1. The molecule has 0 amide bonds. The lowest BCUT2D eigenvalue weighted by Gasteiger charge is -2.04. The molecular formula is C17H17N3O3S2. The zero-order valence-electron chi connectivity index (χ0n) is 13.8. The van der Waals surface area contributed by atoms with Crippen LogP contribution in [-0.2, 0) is 16.4 Å². The Morgan fingerprint density at radius 1 is 1.04 bits per heavy atom. The van der Waals surface area contributed by atoms with Gasteiger partial charge in [0.15, 0.2) is 0 Å². The number of aromatic nitrogens is 2. The summed E-state index contributed by atoms with van der Waals surface area (Å²) in [6.45, 7) is 1.90. The van der Waals surface area contributed by atoms with Crippen molar-refractivity contribution in [1.82, 2.24) is 10.2 Å². The van der Waals surface area contributed by atoms with Crippen molar-refractivity contribution in [2.24, 2.45) is 0 Å². The number of hydrogen-bond donors (Lipinski definition) is 1. The number of rotatable bonds is 6. The molecule has 0 aliphatic carbocycles. The highest BCUT2D eigenvalue weighted by Crippen LogP contribution is 2.22. The van der Waals surface area contributed by atoms with Gasteiger partial charge in [0.05, 0.1) is 12.0 Å². The van der Waals surface area contributed by atoms with Crippen LogP contribution in [0.5, 0.6) is 5.75 Å². The van der Waals surface area contributed by atoms with Crippen molar-refractivity contribution in [3.63, 3.8) is 0 Å². The third-order valence-electron chi connectivity index (χ3n) is 3.53. The molecule has 130 valence electrons. The van der Waals surface area contributed by atoms with E-state index in [1.807, 2.05) is 31.2 Å². The Labute approximate surface area is 150 Å². The number of hydrogen-bond acceptors (Lipinski definition) is 6. The molecule has 0 aliphatic heterocycles. The largest absolute Gasteiger partial charge is 0.497 e. The Morgan fingerprint density at radius 2 is 1.72 bits per heavy atom. The summed E-state index contributed by atoms with van der Waals surface area (Å²) in [5, 5.41) is 8.97. The monoisotopic (exact) mass is 375 g/mol. The summed E-state index contributed by atoms with van der Waals surface area (Å²) < 4.78 is 32.3. The molecule has 2 aromatic carbocycles. The molecule has 0 spiro atoms. The summed E-state index contributed by atoms with van der Waals surface area (Å²) >= 11 is 1.22. The minimum atomic E-state index is -3.66. The molecule has 3 rings (SSSR count). The molecule has 0 radical (unpaired) electrons. The number of benzene rings is 2.